The molecule has 0 unspecified atom stereocenters. The summed E-state index contributed by atoms with van der Waals surface area (Å²) in [5, 5.41) is 2.78. The third-order valence-electron chi connectivity index (χ3n) is 4.55. The Morgan fingerprint density at radius 3 is 1.84 bits per heavy atom. The summed E-state index contributed by atoms with van der Waals surface area (Å²) in [6.07, 6.45) is 4.92. The van der Waals surface area contributed by atoms with E-state index in [9.17, 15) is 4.79 Å². The molecule has 0 aliphatic carbocycles. The minimum atomic E-state index is -1.94. The number of carbonyl (C=O) groups excluding carboxylic acids is 1. The molecule has 2 aromatic carbocycles. The molecule has 3 aromatic rings. The van der Waals surface area contributed by atoms with Gasteiger partial charge in [0.1, 0.15) is 0 Å². The number of halogens is 6. The van der Waals surface area contributed by atoms with E-state index < -0.39 is 7.59 Å². The van der Waals surface area contributed by atoms with Crippen LogP contribution in [0, 0.1) is 6.07 Å². The number of nitrogens with one attached hydrogen (secondary N) is 2. The molecule has 0 aliphatic heterocycles. The van der Waals surface area contributed by atoms with Crippen LogP contribution in [0.4, 0.5) is 5.69 Å². The summed E-state index contributed by atoms with van der Waals surface area (Å²) in [4.78, 5) is 24.4. The van der Waals surface area contributed by atoms with Crippen LogP contribution in [0.25, 0.3) is 17.1 Å². The zero-order chi connectivity index (χ0) is 28.8. The molecule has 0 atom stereocenters. The molecule has 7 nitrogen and oxygen atoms in total. The van der Waals surface area contributed by atoms with Crippen molar-refractivity contribution in [2.75, 3.05) is 11.9 Å². The molecule has 0 fully saturated rings. The number of carbonyl (C=O) groups is 1. The zero-order valence-corrected chi connectivity index (χ0v) is 25.5. The van der Waals surface area contributed by atoms with Crippen LogP contribution in [0.2, 0.25) is 0 Å². The standard InChI is InChI=1S/C18H9Cl6N4O.C6H14N.Co.O/c19-17(20,21)15-26-13(27-16(28-15)18(22,23)24)10-6-8-12(9-7-10)25-14(29)11-4-2-1-3-5-11;1-2-3-4-5-6-7;;/h2-9H,(H,25,29);7H,2-6H2,1H3;;/q2*-1;;. The summed E-state index contributed by atoms with van der Waals surface area (Å²) in [5.74, 6) is -0.498. The van der Waals surface area contributed by atoms with Gasteiger partial charge in [0.25, 0.3) is 0 Å². The van der Waals surface area contributed by atoms with Crippen LogP contribution in [0.5, 0.6) is 0 Å². The van der Waals surface area contributed by atoms with Crippen molar-refractivity contribution in [3.05, 3.63) is 77.5 Å². The van der Waals surface area contributed by atoms with Gasteiger partial charge in [0, 0.05) is 11.3 Å². The number of nitrogens with zero attached hydrogens (tertiary/aromatic N) is 3. The Morgan fingerprint density at radius 2 is 1.39 bits per heavy atom. The number of hydrogen-bond donors (Lipinski definition) is 1. The number of alkyl halides is 6. The third kappa shape index (κ3) is 12.4. The maximum atomic E-state index is 12.2. The Kier molecular flexibility index (Phi) is 16.2. The van der Waals surface area contributed by atoms with E-state index in [1.165, 1.54) is 19.3 Å². The van der Waals surface area contributed by atoms with Crippen LogP contribution in [-0.2, 0) is 27.1 Å². The van der Waals surface area contributed by atoms with E-state index in [-0.39, 0.29) is 23.4 Å². The van der Waals surface area contributed by atoms with Crippen molar-refractivity contribution < 1.29 is 24.3 Å². The summed E-state index contributed by atoms with van der Waals surface area (Å²) in [6, 6.07) is 16.1. The Balaban J connectivity index is 0.000000696. The van der Waals surface area contributed by atoms with E-state index in [2.05, 4.69) is 48.9 Å². The van der Waals surface area contributed by atoms with Gasteiger partial charge in [-0.3, -0.25) is 4.79 Å². The van der Waals surface area contributed by atoms with Crippen molar-refractivity contribution in [1.82, 2.24) is 15.0 Å². The van der Waals surface area contributed by atoms with Crippen LogP contribution in [-0.4, -0.2) is 27.4 Å². The number of benzene rings is 2. The van der Waals surface area contributed by atoms with Gasteiger partial charge in [-0.2, -0.15) is 36.9 Å². The van der Waals surface area contributed by atoms with Gasteiger partial charge in [-0.1, -0.05) is 108 Å². The van der Waals surface area contributed by atoms with Gasteiger partial charge in [-0.25, -0.2) is 15.0 Å². The van der Waals surface area contributed by atoms with Gasteiger partial charge in [0.05, 0.1) is 0 Å². The summed E-state index contributed by atoms with van der Waals surface area (Å²) in [5.41, 5.74) is 8.38. The second-order valence-corrected chi connectivity index (χ2v) is 12.0. The SMILES string of the molecule is CCCCCC[NH-].O=C(Nc1ccc(-c2nc(C(Cl)(Cl)Cl)nc(C(Cl)(Cl)Cl)n2)cc1)c1cc[c-]cc1.[O]=[Co]. The van der Waals surface area contributed by atoms with Gasteiger partial charge in [-0.15, -0.1) is 0 Å². The van der Waals surface area contributed by atoms with E-state index in [0.29, 0.717) is 23.4 Å². The van der Waals surface area contributed by atoms with E-state index in [0.717, 1.165) is 6.42 Å². The van der Waals surface area contributed by atoms with Gasteiger partial charge in [0.15, 0.2) is 17.5 Å². The quantitative estimate of drug-likeness (QED) is 0.152. The summed E-state index contributed by atoms with van der Waals surface area (Å²) in [7, 11) is 0. The van der Waals surface area contributed by atoms with Gasteiger partial charge in [0.2, 0.25) is 13.5 Å². The number of unbranched alkanes of at least 4 members (excludes halogenated alkanes) is 3. The first-order valence-corrected chi connectivity index (χ1v) is 13.7. The second-order valence-electron chi connectivity index (χ2n) is 7.43. The van der Waals surface area contributed by atoms with Crippen LogP contribution in [0.3, 0.4) is 0 Å². The van der Waals surface area contributed by atoms with Crippen molar-refractivity contribution in [1.29, 1.82) is 0 Å². The molecule has 0 radical (unpaired) electrons. The van der Waals surface area contributed by atoms with E-state index in [4.69, 9.17) is 79.2 Å². The fraction of sp³-hybridized carbons (Fsp3) is 0.333. The van der Waals surface area contributed by atoms with Crippen molar-refractivity contribution in [2.45, 2.75) is 40.2 Å². The van der Waals surface area contributed by atoms with Gasteiger partial charge >= 0.3 is 19.5 Å². The Labute approximate surface area is 259 Å². The summed E-state index contributed by atoms with van der Waals surface area (Å²) in [6.45, 7) is 2.80. The summed E-state index contributed by atoms with van der Waals surface area (Å²) >= 11 is 37.6. The molecule has 1 amide bonds. The first kappa shape index (κ1) is 35.0. The van der Waals surface area contributed by atoms with Crippen molar-refractivity contribution in [3.63, 3.8) is 0 Å². The van der Waals surface area contributed by atoms with E-state index in [1.807, 2.05) is 0 Å². The number of rotatable bonds is 7. The number of hydrogen-bond acceptors (Lipinski definition) is 5. The Bertz CT molecular complexity index is 1090. The molecule has 209 valence electrons. The first-order valence-electron chi connectivity index (χ1n) is 11.0. The average Bonchev–Trinajstić information content (AvgIpc) is 2.90. The van der Waals surface area contributed by atoms with E-state index >= 15 is 0 Å². The molecule has 14 heteroatoms. The van der Waals surface area contributed by atoms with E-state index in [1.54, 1.807) is 48.5 Å². The topological polar surface area (TPSA) is 109 Å². The third-order valence-corrected chi connectivity index (χ3v) is 5.57. The average molecular weight is 685 g/mol. The molecule has 3 rings (SSSR count). The molecular formula is C24H23Cl6CoN5O2-2. The minimum absolute atomic E-state index is 0.138. The Hall–Kier alpha value is -1.07. The molecular weight excluding hydrogens is 662 g/mol. The number of amides is 1. The molecule has 38 heavy (non-hydrogen) atoms. The van der Waals surface area contributed by atoms with Crippen LogP contribution >= 0.6 is 69.6 Å². The number of anilines is 1. The van der Waals surface area contributed by atoms with Crippen LogP contribution in [0.1, 0.15) is 54.6 Å². The van der Waals surface area contributed by atoms with Gasteiger partial charge in [-0.05, 0) is 24.3 Å². The van der Waals surface area contributed by atoms with Crippen LogP contribution < -0.4 is 5.32 Å². The molecule has 0 bridgehead atoms. The molecule has 0 spiro atoms. The fourth-order valence-corrected chi connectivity index (χ4v) is 3.26. The van der Waals surface area contributed by atoms with Crippen LogP contribution in [0.15, 0.2) is 48.5 Å². The van der Waals surface area contributed by atoms with Gasteiger partial charge < -0.3 is 11.1 Å². The summed E-state index contributed by atoms with van der Waals surface area (Å²) < 4.78 is 4.06. The molecule has 0 saturated carbocycles. The predicted molar refractivity (Wildman–Crippen MR) is 151 cm³/mol. The molecule has 2 N–H and O–H groups in total. The maximum absolute atomic E-state index is 12.2. The van der Waals surface area contributed by atoms with Crippen molar-refractivity contribution >= 4 is 81.2 Å². The second kappa shape index (κ2) is 17.6. The molecule has 1 heterocycles. The molecule has 0 saturated heterocycles. The fourth-order valence-electron chi connectivity index (χ4n) is 2.75. The first-order chi connectivity index (χ1) is 18.0. The normalized spacial score (nSPS) is 11.0. The molecule has 1 aromatic heterocycles. The number of aromatic nitrogens is 3. The Morgan fingerprint density at radius 1 is 0.868 bits per heavy atom. The predicted octanol–water partition coefficient (Wildman–Crippen LogP) is 8.74. The van der Waals surface area contributed by atoms with Crippen molar-refractivity contribution in [2.24, 2.45) is 0 Å². The van der Waals surface area contributed by atoms with Crippen molar-refractivity contribution in [3.8, 4) is 11.4 Å². The monoisotopic (exact) mass is 682 g/mol. The zero-order valence-electron chi connectivity index (χ0n) is 19.9. The molecule has 0 aliphatic rings.